The number of nitrogens with zero attached hydrogens (tertiary/aromatic N) is 1. The largest absolute Gasteiger partial charge is 0.383 e. The lowest BCUT2D eigenvalue weighted by molar-refractivity contribution is 0.103. The number of para-hydroxylation sites is 1. The van der Waals surface area contributed by atoms with E-state index in [1.807, 2.05) is 6.20 Å². The maximum Gasteiger partial charge on any atom is 0.0934 e. The van der Waals surface area contributed by atoms with Crippen LogP contribution in [0.4, 0.5) is 5.69 Å². The lowest BCUT2D eigenvalue weighted by Gasteiger charge is -2.11. The van der Waals surface area contributed by atoms with Crippen molar-refractivity contribution in [2.45, 2.75) is 31.8 Å². The topological polar surface area (TPSA) is 34.2 Å². The summed E-state index contributed by atoms with van der Waals surface area (Å²) in [7, 11) is 0. The molecule has 3 nitrogen and oxygen atoms in total. The van der Waals surface area contributed by atoms with E-state index in [2.05, 4.69) is 50.5 Å². The van der Waals surface area contributed by atoms with Gasteiger partial charge in [0.2, 0.25) is 0 Å². The van der Waals surface area contributed by atoms with Gasteiger partial charge in [0.15, 0.2) is 0 Å². The third-order valence-corrected chi connectivity index (χ3v) is 4.15. The van der Waals surface area contributed by atoms with Gasteiger partial charge in [0.1, 0.15) is 0 Å². The molecule has 3 rings (SSSR count). The van der Waals surface area contributed by atoms with E-state index >= 15 is 0 Å². The molecule has 1 aromatic heterocycles. The van der Waals surface area contributed by atoms with E-state index in [0.29, 0.717) is 6.10 Å². The van der Waals surface area contributed by atoms with Crippen LogP contribution in [-0.4, -0.2) is 24.2 Å². The van der Waals surface area contributed by atoms with Crippen molar-refractivity contribution in [2.24, 2.45) is 0 Å². The number of halogens is 1. The summed E-state index contributed by atoms with van der Waals surface area (Å²) in [6.07, 6.45) is 7.07. The summed E-state index contributed by atoms with van der Waals surface area (Å²) >= 11 is 3.46. The zero-order valence-electron chi connectivity index (χ0n) is 11.4. The van der Waals surface area contributed by atoms with Crippen LogP contribution in [0, 0.1) is 0 Å². The minimum atomic E-state index is 0.485. The van der Waals surface area contributed by atoms with E-state index in [-0.39, 0.29) is 0 Å². The normalized spacial score (nSPS) is 18.6. The minimum absolute atomic E-state index is 0.485. The molecule has 0 aliphatic carbocycles. The first-order chi connectivity index (χ1) is 9.83. The van der Waals surface area contributed by atoms with Crippen LogP contribution in [0.1, 0.15) is 25.7 Å². The Bertz CT molecular complexity index is 582. The monoisotopic (exact) mass is 334 g/mol. The van der Waals surface area contributed by atoms with Crippen LogP contribution < -0.4 is 5.32 Å². The summed E-state index contributed by atoms with van der Waals surface area (Å²) in [6, 6.07) is 8.35. The van der Waals surface area contributed by atoms with Crippen molar-refractivity contribution in [3.05, 3.63) is 34.9 Å². The molecule has 1 fully saturated rings. The lowest BCUT2D eigenvalue weighted by Crippen LogP contribution is -2.09. The van der Waals surface area contributed by atoms with Crippen molar-refractivity contribution in [2.75, 3.05) is 18.5 Å². The molecule has 4 heteroatoms. The van der Waals surface area contributed by atoms with Gasteiger partial charge in [-0.25, -0.2) is 0 Å². The van der Waals surface area contributed by atoms with Gasteiger partial charge in [-0.05, 0) is 53.7 Å². The summed E-state index contributed by atoms with van der Waals surface area (Å²) in [5, 5.41) is 4.65. The molecule has 1 aliphatic heterocycles. The first-order valence-corrected chi connectivity index (χ1v) is 8.02. The maximum absolute atomic E-state index is 5.64. The Morgan fingerprint density at radius 1 is 1.40 bits per heavy atom. The van der Waals surface area contributed by atoms with Crippen molar-refractivity contribution in [1.29, 1.82) is 0 Å². The van der Waals surface area contributed by atoms with Gasteiger partial charge >= 0.3 is 0 Å². The van der Waals surface area contributed by atoms with Crippen LogP contribution in [0.25, 0.3) is 10.9 Å². The molecule has 1 aliphatic rings. The van der Waals surface area contributed by atoms with Gasteiger partial charge in [0.05, 0.1) is 17.3 Å². The smallest absolute Gasteiger partial charge is 0.0934 e. The molecule has 1 N–H and O–H groups in total. The van der Waals surface area contributed by atoms with Gasteiger partial charge in [0, 0.05) is 29.2 Å². The number of ether oxygens (including phenoxy) is 1. The van der Waals surface area contributed by atoms with E-state index in [1.54, 1.807) is 0 Å². The first kappa shape index (κ1) is 13.8. The van der Waals surface area contributed by atoms with Crippen LogP contribution in [0.15, 0.2) is 34.9 Å². The van der Waals surface area contributed by atoms with Crippen molar-refractivity contribution in [1.82, 2.24) is 4.98 Å². The fraction of sp³-hybridized carbons (Fsp3) is 0.438. The Hall–Kier alpha value is -1.13. The lowest BCUT2D eigenvalue weighted by atomic mass is 10.1. The second-order valence-corrected chi connectivity index (χ2v) is 6.15. The van der Waals surface area contributed by atoms with E-state index in [9.17, 15) is 0 Å². The number of rotatable bonds is 5. The highest BCUT2D eigenvalue weighted by Crippen LogP contribution is 2.24. The molecule has 1 aromatic carbocycles. The highest BCUT2D eigenvalue weighted by Gasteiger charge is 2.14. The molecule has 0 bridgehead atoms. The van der Waals surface area contributed by atoms with E-state index in [1.165, 1.54) is 12.8 Å². The molecular weight excluding hydrogens is 316 g/mol. The predicted molar refractivity (Wildman–Crippen MR) is 86.1 cm³/mol. The Morgan fingerprint density at radius 2 is 2.35 bits per heavy atom. The molecule has 2 heterocycles. The fourth-order valence-corrected chi connectivity index (χ4v) is 3.05. The Morgan fingerprint density at radius 3 is 3.20 bits per heavy atom. The van der Waals surface area contributed by atoms with E-state index < -0.39 is 0 Å². The number of pyridine rings is 1. The van der Waals surface area contributed by atoms with Crippen LogP contribution >= 0.6 is 15.9 Å². The summed E-state index contributed by atoms with van der Waals surface area (Å²) < 4.78 is 6.66. The molecule has 1 saturated heterocycles. The van der Waals surface area contributed by atoms with Gasteiger partial charge < -0.3 is 10.1 Å². The zero-order valence-corrected chi connectivity index (χ0v) is 13.0. The van der Waals surface area contributed by atoms with Crippen molar-refractivity contribution in [3.63, 3.8) is 0 Å². The molecule has 0 radical (unpaired) electrons. The Balaban J connectivity index is 1.59. The van der Waals surface area contributed by atoms with Gasteiger partial charge in [0.25, 0.3) is 0 Å². The highest BCUT2D eigenvalue weighted by molar-refractivity contribution is 9.10. The molecule has 106 valence electrons. The second-order valence-electron chi connectivity index (χ2n) is 5.23. The molecule has 0 amide bonds. The third kappa shape index (κ3) is 3.30. The van der Waals surface area contributed by atoms with Crippen molar-refractivity contribution < 1.29 is 4.74 Å². The van der Waals surface area contributed by atoms with Crippen LogP contribution in [0.5, 0.6) is 0 Å². The van der Waals surface area contributed by atoms with Crippen molar-refractivity contribution in [3.8, 4) is 0 Å². The maximum atomic E-state index is 5.64. The molecule has 1 unspecified atom stereocenters. The summed E-state index contributed by atoms with van der Waals surface area (Å²) in [6.45, 7) is 1.91. The second kappa shape index (κ2) is 6.55. The van der Waals surface area contributed by atoms with Crippen LogP contribution in [0.2, 0.25) is 0 Å². The third-order valence-electron chi connectivity index (χ3n) is 3.72. The Labute approximate surface area is 127 Å². The molecular formula is C16H19BrN2O. The molecule has 0 spiro atoms. The average Bonchev–Trinajstić information content (AvgIpc) is 2.96. The average molecular weight is 335 g/mol. The minimum Gasteiger partial charge on any atom is -0.383 e. The van der Waals surface area contributed by atoms with Crippen molar-refractivity contribution >= 4 is 32.5 Å². The highest BCUT2D eigenvalue weighted by atomic mass is 79.9. The van der Waals surface area contributed by atoms with Gasteiger partial charge in [-0.1, -0.05) is 12.1 Å². The van der Waals surface area contributed by atoms with Gasteiger partial charge in [-0.2, -0.15) is 0 Å². The fourth-order valence-electron chi connectivity index (χ4n) is 2.70. The number of aromatic nitrogens is 1. The molecule has 1 atom stereocenters. The summed E-state index contributed by atoms with van der Waals surface area (Å²) in [5.74, 6) is 0. The molecule has 20 heavy (non-hydrogen) atoms. The van der Waals surface area contributed by atoms with Gasteiger partial charge in [-0.15, -0.1) is 0 Å². The zero-order chi connectivity index (χ0) is 13.8. The number of fused-ring (bicyclic) bond motifs is 1. The quantitative estimate of drug-likeness (QED) is 0.824. The van der Waals surface area contributed by atoms with E-state index in [4.69, 9.17) is 4.74 Å². The number of hydrogen-bond acceptors (Lipinski definition) is 3. The van der Waals surface area contributed by atoms with Crippen LogP contribution in [-0.2, 0) is 4.74 Å². The molecule has 2 aromatic rings. The summed E-state index contributed by atoms with van der Waals surface area (Å²) in [4.78, 5) is 4.50. The SMILES string of the molecule is Brc1cnc2c(NCCCC3CCCO3)cccc2c1. The number of nitrogens with one attached hydrogen (secondary N) is 1. The van der Waals surface area contributed by atoms with Gasteiger partial charge in [-0.3, -0.25) is 4.98 Å². The summed E-state index contributed by atoms with van der Waals surface area (Å²) in [5.41, 5.74) is 2.15. The van der Waals surface area contributed by atoms with Crippen LogP contribution in [0.3, 0.4) is 0 Å². The number of anilines is 1. The Kier molecular flexibility index (Phi) is 4.53. The predicted octanol–water partition coefficient (Wildman–Crippen LogP) is 4.37. The standard InChI is InChI=1S/C16H19BrN2O/c17-13-10-12-4-1-7-15(16(12)19-11-13)18-8-2-5-14-6-3-9-20-14/h1,4,7,10-11,14,18H,2-3,5-6,8-9H2. The number of hydrogen-bond donors (Lipinski definition) is 1. The first-order valence-electron chi connectivity index (χ1n) is 7.23. The molecule has 0 saturated carbocycles. The number of benzene rings is 1. The van der Waals surface area contributed by atoms with E-state index in [0.717, 1.165) is 47.1 Å².